The summed E-state index contributed by atoms with van der Waals surface area (Å²) in [6.45, 7) is 3.96. The minimum atomic E-state index is -0.162. The van der Waals surface area contributed by atoms with Crippen LogP contribution in [0.3, 0.4) is 0 Å². The molecule has 0 spiro atoms. The van der Waals surface area contributed by atoms with Gasteiger partial charge < -0.3 is 4.74 Å². The van der Waals surface area contributed by atoms with Gasteiger partial charge in [-0.25, -0.2) is 4.39 Å². The predicted molar refractivity (Wildman–Crippen MR) is 58.8 cm³/mol. The fourth-order valence-corrected chi connectivity index (χ4v) is 2.09. The third kappa shape index (κ3) is 1.99. The molecule has 0 aliphatic carbocycles. The average Bonchev–Trinajstić information content (AvgIpc) is 2.64. The molecule has 1 aliphatic heterocycles. The summed E-state index contributed by atoms with van der Waals surface area (Å²) in [4.78, 5) is 0. The topological polar surface area (TPSA) is 9.23 Å². The summed E-state index contributed by atoms with van der Waals surface area (Å²) >= 11 is 0. The first-order valence-corrected chi connectivity index (χ1v) is 5.67. The van der Waals surface area contributed by atoms with E-state index in [2.05, 4.69) is 6.92 Å². The van der Waals surface area contributed by atoms with E-state index in [4.69, 9.17) is 4.74 Å². The molecule has 82 valence electrons. The molecule has 0 bridgehead atoms. The van der Waals surface area contributed by atoms with E-state index >= 15 is 0 Å². The molecule has 0 fully saturated rings. The van der Waals surface area contributed by atoms with Gasteiger partial charge in [-0.15, -0.1) is 0 Å². The lowest BCUT2D eigenvalue weighted by atomic mass is 10.0. The molecule has 1 aromatic rings. The van der Waals surface area contributed by atoms with E-state index in [9.17, 15) is 4.39 Å². The second-order valence-corrected chi connectivity index (χ2v) is 4.25. The van der Waals surface area contributed by atoms with Crippen molar-refractivity contribution in [3.8, 4) is 5.75 Å². The Kier molecular flexibility index (Phi) is 2.94. The molecule has 0 N–H and O–H groups in total. The summed E-state index contributed by atoms with van der Waals surface area (Å²) in [7, 11) is 0. The van der Waals surface area contributed by atoms with E-state index in [0.29, 0.717) is 5.56 Å². The molecule has 0 saturated heterocycles. The Morgan fingerprint density at radius 3 is 3.00 bits per heavy atom. The maximum Gasteiger partial charge on any atom is 0.129 e. The van der Waals surface area contributed by atoms with E-state index in [1.54, 1.807) is 13.0 Å². The van der Waals surface area contributed by atoms with Gasteiger partial charge in [0, 0.05) is 12.0 Å². The summed E-state index contributed by atoms with van der Waals surface area (Å²) in [6.07, 6.45) is 4.65. The first-order valence-electron chi connectivity index (χ1n) is 5.67. The van der Waals surface area contributed by atoms with Gasteiger partial charge in [0.1, 0.15) is 17.7 Å². The maximum atomic E-state index is 13.3. The van der Waals surface area contributed by atoms with Crippen molar-refractivity contribution in [1.29, 1.82) is 0 Å². The van der Waals surface area contributed by atoms with Crippen LogP contribution in [-0.4, -0.2) is 6.10 Å². The molecule has 1 nitrogen and oxygen atoms in total. The number of ether oxygens (including phenoxy) is 1. The summed E-state index contributed by atoms with van der Waals surface area (Å²) in [5.41, 5.74) is 1.82. The number of rotatable bonds is 3. The van der Waals surface area contributed by atoms with Gasteiger partial charge in [0.25, 0.3) is 0 Å². The average molecular weight is 208 g/mol. The molecule has 2 heteroatoms. The largest absolute Gasteiger partial charge is 0.489 e. The Morgan fingerprint density at radius 2 is 2.27 bits per heavy atom. The maximum absolute atomic E-state index is 13.3. The van der Waals surface area contributed by atoms with Gasteiger partial charge in [0.15, 0.2) is 0 Å². The van der Waals surface area contributed by atoms with Gasteiger partial charge in [0.2, 0.25) is 0 Å². The van der Waals surface area contributed by atoms with Crippen LogP contribution in [0.2, 0.25) is 0 Å². The summed E-state index contributed by atoms with van der Waals surface area (Å²) in [5.74, 6) is 0.626. The van der Waals surface area contributed by atoms with Crippen LogP contribution in [0.4, 0.5) is 4.39 Å². The second-order valence-electron chi connectivity index (χ2n) is 4.25. The minimum absolute atomic E-state index is 0.162. The quantitative estimate of drug-likeness (QED) is 0.737. The van der Waals surface area contributed by atoms with Crippen molar-refractivity contribution in [2.75, 3.05) is 0 Å². The van der Waals surface area contributed by atoms with Crippen LogP contribution < -0.4 is 4.74 Å². The van der Waals surface area contributed by atoms with Crippen LogP contribution in [0, 0.1) is 12.7 Å². The molecule has 1 heterocycles. The van der Waals surface area contributed by atoms with Crippen LogP contribution in [0.5, 0.6) is 5.75 Å². The van der Waals surface area contributed by atoms with Crippen LogP contribution in [0.15, 0.2) is 12.1 Å². The molecule has 0 saturated carbocycles. The van der Waals surface area contributed by atoms with E-state index in [1.807, 2.05) is 6.07 Å². The van der Waals surface area contributed by atoms with Crippen molar-refractivity contribution in [2.24, 2.45) is 0 Å². The molecule has 0 aromatic heterocycles. The zero-order valence-electron chi connectivity index (χ0n) is 9.35. The van der Waals surface area contributed by atoms with Gasteiger partial charge in [-0.3, -0.25) is 0 Å². The molecule has 1 aliphatic rings. The number of unbranched alkanes of at least 4 members (excludes halogenated alkanes) is 1. The second kappa shape index (κ2) is 4.21. The van der Waals surface area contributed by atoms with E-state index in [0.717, 1.165) is 24.2 Å². The summed E-state index contributed by atoms with van der Waals surface area (Å²) in [6, 6.07) is 3.39. The van der Waals surface area contributed by atoms with Crippen molar-refractivity contribution in [2.45, 2.75) is 45.6 Å². The standard InChI is InChI=1S/C13H17FO/c1-3-4-5-11-8-10-6-7-12(14)9(2)13(10)15-11/h6-7,11H,3-5,8H2,1-2H3. The zero-order valence-corrected chi connectivity index (χ0v) is 9.35. The Labute approximate surface area is 90.3 Å². The molecule has 1 unspecified atom stereocenters. The number of hydrogen-bond donors (Lipinski definition) is 0. The lowest BCUT2D eigenvalue weighted by molar-refractivity contribution is 0.216. The number of halogens is 1. The minimum Gasteiger partial charge on any atom is -0.489 e. The molecular weight excluding hydrogens is 191 g/mol. The first kappa shape index (κ1) is 10.5. The van der Waals surface area contributed by atoms with Gasteiger partial charge in [-0.2, -0.15) is 0 Å². The highest BCUT2D eigenvalue weighted by molar-refractivity contribution is 5.44. The van der Waals surface area contributed by atoms with E-state index < -0.39 is 0 Å². The smallest absolute Gasteiger partial charge is 0.129 e. The van der Waals surface area contributed by atoms with E-state index in [-0.39, 0.29) is 11.9 Å². The van der Waals surface area contributed by atoms with Crippen molar-refractivity contribution in [3.05, 3.63) is 29.1 Å². The fraction of sp³-hybridized carbons (Fsp3) is 0.538. The molecule has 0 radical (unpaired) electrons. The first-order chi connectivity index (χ1) is 7.22. The van der Waals surface area contributed by atoms with Crippen molar-refractivity contribution >= 4 is 0 Å². The van der Waals surface area contributed by atoms with Gasteiger partial charge >= 0.3 is 0 Å². The number of fused-ring (bicyclic) bond motifs is 1. The summed E-state index contributed by atoms with van der Waals surface area (Å²) < 4.78 is 19.1. The lowest BCUT2D eigenvalue weighted by Gasteiger charge is -2.10. The Balaban J connectivity index is 2.13. The van der Waals surface area contributed by atoms with Crippen LogP contribution >= 0.6 is 0 Å². The van der Waals surface area contributed by atoms with Crippen LogP contribution in [0.1, 0.15) is 37.3 Å². The molecular formula is C13H17FO. The zero-order chi connectivity index (χ0) is 10.8. The molecule has 15 heavy (non-hydrogen) atoms. The summed E-state index contributed by atoms with van der Waals surface area (Å²) in [5, 5.41) is 0. The van der Waals surface area contributed by atoms with E-state index in [1.165, 1.54) is 12.8 Å². The highest BCUT2D eigenvalue weighted by atomic mass is 19.1. The van der Waals surface area contributed by atoms with Gasteiger partial charge in [0.05, 0.1) is 0 Å². The number of hydrogen-bond acceptors (Lipinski definition) is 1. The van der Waals surface area contributed by atoms with Crippen molar-refractivity contribution < 1.29 is 9.13 Å². The monoisotopic (exact) mass is 208 g/mol. The van der Waals surface area contributed by atoms with Gasteiger partial charge in [-0.05, 0) is 25.0 Å². The fourth-order valence-electron chi connectivity index (χ4n) is 2.09. The molecule has 1 atom stereocenters. The molecule has 1 aromatic carbocycles. The lowest BCUT2D eigenvalue weighted by Crippen LogP contribution is -2.12. The van der Waals surface area contributed by atoms with Crippen molar-refractivity contribution in [1.82, 2.24) is 0 Å². The Morgan fingerprint density at radius 1 is 1.47 bits per heavy atom. The third-order valence-electron chi connectivity index (χ3n) is 3.03. The van der Waals surface area contributed by atoms with Gasteiger partial charge in [-0.1, -0.05) is 25.8 Å². The Bertz CT molecular complexity index is 360. The Hall–Kier alpha value is -1.05. The molecule has 2 rings (SSSR count). The van der Waals surface area contributed by atoms with Crippen LogP contribution in [0.25, 0.3) is 0 Å². The molecule has 0 amide bonds. The highest BCUT2D eigenvalue weighted by Crippen LogP contribution is 2.34. The highest BCUT2D eigenvalue weighted by Gasteiger charge is 2.24. The number of benzene rings is 1. The van der Waals surface area contributed by atoms with Crippen LogP contribution in [-0.2, 0) is 6.42 Å². The normalized spacial score (nSPS) is 18.7. The predicted octanol–water partition coefficient (Wildman–Crippen LogP) is 3.63. The SMILES string of the molecule is CCCCC1Cc2ccc(F)c(C)c2O1. The van der Waals surface area contributed by atoms with Crippen molar-refractivity contribution in [3.63, 3.8) is 0 Å². The third-order valence-corrected chi connectivity index (χ3v) is 3.03.